The first-order chi connectivity index (χ1) is 13.6. The van der Waals surface area contributed by atoms with Crippen LogP contribution in [-0.4, -0.2) is 59.3 Å². The Bertz CT molecular complexity index is 1010. The summed E-state index contributed by atoms with van der Waals surface area (Å²) in [6.45, 7) is -1.02. The molecule has 0 amide bonds. The third-order valence-corrected chi connectivity index (χ3v) is 7.32. The van der Waals surface area contributed by atoms with Crippen LogP contribution in [0.3, 0.4) is 0 Å². The average molecular weight is 495 g/mol. The predicted octanol–water partition coefficient (Wildman–Crippen LogP) is -1.83. The maximum atomic E-state index is 12.0. The summed E-state index contributed by atoms with van der Waals surface area (Å²) in [6, 6.07) is 1.17. The Morgan fingerprint density at radius 3 is 2.43 bits per heavy atom. The highest BCUT2D eigenvalue weighted by Crippen LogP contribution is 2.66. The van der Waals surface area contributed by atoms with Crippen molar-refractivity contribution >= 4 is 35.6 Å². The number of aldehydes is 1. The number of aromatic nitrogens is 2. The number of aliphatic hydroxyl groups excluding tert-OH is 1. The molecule has 1 saturated heterocycles. The topological polar surface area (TPSA) is 267 Å². The lowest BCUT2D eigenvalue weighted by Gasteiger charge is -2.25. The van der Waals surface area contributed by atoms with E-state index in [-0.39, 0.29) is 12.1 Å². The van der Waals surface area contributed by atoms with Crippen molar-refractivity contribution in [3.63, 3.8) is 0 Å². The summed E-state index contributed by atoms with van der Waals surface area (Å²) in [5.74, 6) is -0.153. The van der Waals surface area contributed by atoms with Crippen molar-refractivity contribution in [3.8, 4) is 0 Å². The number of aliphatic hydroxyl groups is 1. The Morgan fingerprint density at radius 2 is 1.90 bits per heavy atom. The predicted molar refractivity (Wildman–Crippen MR) is 92.3 cm³/mol. The van der Waals surface area contributed by atoms with E-state index >= 15 is 0 Å². The van der Waals surface area contributed by atoms with Crippen LogP contribution in [0.2, 0.25) is 0 Å². The van der Waals surface area contributed by atoms with Gasteiger partial charge in [-0.2, -0.15) is 13.6 Å². The van der Waals surface area contributed by atoms with E-state index in [2.05, 4.69) is 18.1 Å². The molecular weight excluding hydrogens is 479 g/mol. The van der Waals surface area contributed by atoms with Gasteiger partial charge in [0.2, 0.25) is 5.72 Å². The zero-order valence-electron chi connectivity index (χ0n) is 14.5. The summed E-state index contributed by atoms with van der Waals surface area (Å²) in [4.78, 5) is 62.4. The molecule has 5 atom stereocenters. The first-order valence-electron chi connectivity index (χ1n) is 7.54. The number of hydrogen-bond donors (Lipinski definition) is 6. The number of hydrogen-bond acceptors (Lipinski definition) is 12. The van der Waals surface area contributed by atoms with Gasteiger partial charge < -0.3 is 35.2 Å². The lowest BCUT2D eigenvalue weighted by Crippen LogP contribution is -2.43. The number of nitrogens with zero attached hydrogens (tertiary/aromatic N) is 2. The van der Waals surface area contributed by atoms with Crippen molar-refractivity contribution in [3.05, 3.63) is 22.7 Å². The zero-order chi connectivity index (χ0) is 23.0. The number of ether oxygens (including phenoxy) is 1. The fraction of sp³-hybridized carbons (Fsp3) is 0.500. The smallest absolute Gasteiger partial charge is 0.390 e. The first kappa shape index (κ1) is 24.9. The van der Waals surface area contributed by atoms with E-state index in [0.29, 0.717) is 4.57 Å². The Labute approximate surface area is 166 Å². The maximum Gasteiger partial charge on any atom is 0.490 e. The van der Waals surface area contributed by atoms with Crippen LogP contribution in [0.5, 0.6) is 0 Å². The number of rotatable bonds is 9. The van der Waals surface area contributed by atoms with Crippen LogP contribution in [-0.2, 0) is 42.1 Å². The normalized spacial score (nSPS) is 28.6. The molecule has 2 rings (SSSR count). The quantitative estimate of drug-likeness (QED) is 0.162. The second-order valence-electron chi connectivity index (χ2n) is 5.78. The molecule has 2 heterocycles. The molecule has 17 nitrogen and oxygen atoms in total. The fourth-order valence-corrected chi connectivity index (χ4v) is 5.46. The summed E-state index contributed by atoms with van der Waals surface area (Å²) >= 11 is 0. The molecule has 2 unspecified atom stereocenters. The molecule has 30 heavy (non-hydrogen) atoms. The molecule has 1 aliphatic heterocycles. The van der Waals surface area contributed by atoms with E-state index in [0.717, 1.165) is 6.20 Å². The second kappa shape index (κ2) is 8.67. The number of phosphoric ester groups is 1. The molecule has 1 aliphatic rings. The molecule has 20 heteroatoms. The van der Waals surface area contributed by atoms with Gasteiger partial charge in [-0.3, -0.25) is 13.9 Å². The monoisotopic (exact) mass is 495 g/mol. The average Bonchev–Trinajstić information content (AvgIpc) is 2.86. The van der Waals surface area contributed by atoms with Gasteiger partial charge in [-0.1, -0.05) is 0 Å². The number of nitrogen functional groups attached to an aromatic ring is 1. The second-order valence-corrected chi connectivity index (χ2v) is 10.2. The number of phosphoric acid groups is 3. The van der Waals surface area contributed by atoms with Crippen LogP contribution in [0.25, 0.3) is 0 Å². The van der Waals surface area contributed by atoms with Gasteiger partial charge >= 0.3 is 29.2 Å². The number of anilines is 1. The highest BCUT2D eigenvalue weighted by Gasteiger charge is 2.49. The van der Waals surface area contributed by atoms with Gasteiger partial charge in [-0.25, -0.2) is 18.5 Å². The molecule has 0 aliphatic carbocycles. The van der Waals surface area contributed by atoms with Crippen molar-refractivity contribution in [1.82, 2.24) is 9.55 Å². The molecule has 7 N–H and O–H groups in total. The van der Waals surface area contributed by atoms with Crippen LogP contribution in [0.4, 0.5) is 5.82 Å². The van der Waals surface area contributed by atoms with E-state index in [1.807, 2.05) is 0 Å². The van der Waals surface area contributed by atoms with Gasteiger partial charge in [0.1, 0.15) is 11.9 Å². The lowest BCUT2D eigenvalue weighted by molar-refractivity contribution is -0.148. The van der Waals surface area contributed by atoms with Gasteiger partial charge in [0.15, 0.2) is 6.29 Å². The summed E-state index contributed by atoms with van der Waals surface area (Å²) in [7, 11) is -16.8. The Balaban J connectivity index is 2.12. The Hall–Kier alpha value is -1.32. The fourth-order valence-electron chi connectivity index (χ4n) is 2.43. The summed E-state index contributed by atoms with van der Waals surface area (Å²) < 4.78 is 51.0. The first-order valence-corrected chi connectivity index (χ1v) is 12.1. The van der Waals surface area contributed by atoms with Crippen molar-refractivity contribution in [2.24, 2.45) is 0 Å². The van der Waals surface area contributed by atoms with Gasteiger partial charge in [0.05, 0.1) is 12.7 Å². The standard InChI is InChI=1S/C10H16N3O14P3/c11-8-1-2-13(9(16)12-8)10(5-14)3-6(15)7(25-10)4-24-29(20,21)27-30(22,23)26-28(17,18)19/h1-2,5-7,15H,3-4H2,(H,20,21)(H,22,23)(H2,11,12,16)(H2,17,18,19)/t6-,7+,10-/m0/s1. The van der Waals surface area contributed by atoms with Gasteiger partial charge in [0, 0.05) is 12.6 Å². The molecule has 1 aromatic heterocycles. The van der Waals surface area contributed by atoms with Crippen molar-refractivity contribution in [1.29, 1.82) is 0 Å². The minimum Gasteiger partial charge on any atom is -0.390 e. The van der Waals surface area contributed by atoms with E-state index in [1.54, 1.807) is 0 Å². The van der Waals surface area contributed by atoms with E-state index < -0.39 is 60.1 Å². The van der Waals surface area contributed by atoms with Crippen LogP contribution < -0.4 is 11.4 Å². The summed E-state index contributed by atoms with van der Waals surface area (Å²) in [5.41, 5.74) is 2.29. The van der Waals surface area contributed by atoms with Crippen molar-refractivity contribution in [2.75, 3.05) is 12.3 Å². The third kappa shape index (κ3) is 6.34. The van der Waals surface area contributed by atoms with Crippen LogP contribution >= 0.6 is 23.5 Å². The molecule has 0 aromatic carbocycles. The third-order valence-electron chi connectivity index (χ3n) is 3.52. The maximum absolute atomic E-state index is 12.0. The summed E-state index contributed by atoms with van der Waals surface area (Å²) in [6.07, 6.45) is -2.33. The lowest BCUT2D eigenvalue weighted by atomic mass is 10.1. The van der Waals surface area contributed by atoms with Crippen LogP contribution in [0.15, 0.2) is 17.1 Å². The highest BCUT2D eigenvalue weighted by molar-refractivity contribution is 7.66. The number of nitrogens with two attached hydrogens (primary N) is 1. The number of carbonyl (C=O) groups excluding carboxylic acids is 1. The van der Waals surface area contributed by atoms with E-state index in [4.69, 9.17) is 25.2 Å². The van der Waals surface area contributed by atoms with Crippen molar-refractivity contribution < 1.29 is 61.1 Å². The minimum absolute atomic E-state index is 0.153. The Morgan fingerprint density at radius 1 is 1.27 bits per heavy atom. The van der Waals surface area contributed by atoms with Gasteiger partial charge in [-0.05, 0) is 6.07 Å². The Kier molecular flexibility index (Phi) is 7.21. The van der Waals surface area contributed by atoms with Gasteiger partial charge in [0.25, 0.3) is 0 Å². The molecular formula is C10H16N3O14P3. The van der Waals surface area contributed by atoms with E-state index in [1.165, 1.54) is 6.07 Å². The molecule has 1 fully saturated rings. The largest absolute Gasteiger partial charge is 0.490 e. The summed E-state index contributed by atoms with van der Waals surface area (Å²) in [5, 5.41) is 10.1. The SMILES string of the molecule is Nc1ccn([C@@]2(C=O)C[C@H](O)[C@@H](COP(=O)(O)OP(=O)(O)OP(=O)(O)O)O2)c(=O)n1. The minimum atomic E-state index is -5.73. The molecule has 1 aromatic rings. The highest BCUT2D eigenvalue weighted by atomic mass is 31.3. The molecule has 170 valence electrons. The van der Waals surface area contributed by atoms with Crippen LogP contribution in [0, 0.1) is 0 Å². The molecule has 0 spiro atoms. The van der Waals surface area contributed by atoms with Crippen LogP contribution in [0.1, 0.15) is 6.42 Å². The molecule has 0 radical (unpaired) electrons. The zero-order valence-corrected chi connectivity index (χ0v) is 17.2. The number of carbonyl (C=O) groups is 1. The molecule has 0 saturated carbocycles. The van der Waals surface area contributed by atoms with Crippen molar-refractivity contribution in [2.45, 2.75) is 24.4 Å². The van der Waals surface area contributed by atoms with E-state index in [9.17, 15) is 33.3 Å². The van der Waals surface area contributed by atoms with Gasteiger partial charge in [-0.15, -0.1) is 0 Å². The molecule has 0 bridgehead atoms.